The third-order valence-corrected chi connectivity index (χ3v) is 4.45. The van der Waals surface area contributed by atoms with E-state index in [0.717, 1.165) is 30.3 Å². The van der Waals surface area contributed by atoms with Crippen LogP contribution in [-0.2, 0) is 22.5 Å². The van der Waals surface area contributed by atoms with Gasteiger partial charge in [-0.2, -0.15) is 0 Å². The van der Waals surface area contributed by atoms with Crippen molar-refractivity contribution in [2.45, 2.75) is 32.0 Å². The van der Waals surface area contributed by atoms with Gasteiger partial charge in [-0.25, -0.2) is 4.98 Å². The smallest absolute Gasteiger partial charge is 0.228 e. The zero-order valence-electron chi connectivity index (χ0n) is 12.9. The largest absolute Gasteiger partial charge is 0.374 e. The molecule has 1 aromatic heterocycles. The highest BCUT2D eigenvalue weighted by atomic mass is 32.1. The maximum atomic E-state index is 11.7. The second kappa shape index (κ2) is 7.31. The lowest BCUT2D eigenvalue weighted by Gasteiger charge is -2.34. The molecular weight excluding hydrogens is 288 g/mol. The average molecular weight is 312 g/mol. The molecule has 1 saturated heterocycles. The van der Waals surface area contributed by atoms with Crippen LogP contribution in [0.2, 0.25) is 0 Å². The second-order valence-corrected chi connectivity index (χ2v) is 6.64. The molecule has 0 spiro atoms. The molecule has 1 amide bonds. The van der Waals surface area contributed by atoms with Crippen LogP contribution < -0.4 is 5.73 Å². The highest BCUT2D eigenvalue weighted by Crippen LogP contribution is 2.15. The van der Waals surface area contributed by atoms with Crippen LogP contribution in [0.15, 0.2) is 5.38 Å². The number of ether oxygens (including phenoxy) is 1. The highest BCUT2D eigenvalue weighted by molar-refractivity contribution is 7.09. The molecule has 1 aliphatic heterocycles. The molecular formula is C14H24N4O2S. The number of nitrogens with two attached hydrogens (primary N) is 1. The van der Waals surface area contributed by atoms with Crippen LogP contribution >= 0.6 is 11.3 Å². The van der Waals surface area contributed by atoms with E-state index in [-0.39, 0.29) is 18.1 Å². The third kappa shape index (κ3) is 4.74. The Kier molecular flexibility index (Phi) is 5.69. The van der Waals surface area contributed by atoms with E-state index >= 15 is 0 Å². The lowest BCUT2D eigenvalue weighted by atomic mass is 10.1. The number of hydrogen-bond donors (Lipinski definition) is 1. The molecule has 2 N–H and O–H groups in total. The number of amides is 1. The SMILES string of the molecule is CC(N)C1CN(Cc2csc(CC(=O)N(C)C)n2)CCO1. The maximum absolute atomic E-state index is 11.7. The van der Waals surface area contributed by atoms with E-state index in [1.54, 1.807) is 30.3 Å². The van der Waals surface area contributed by atoms with Crippen molar-refractivity contribution in [2.75, 3.05) is 33.8 Å². The fourth-order valence-corrected chi connectivity index (χ4v) is 2.99. The number of hydrogen-bond acceptors (Lipinski definition) is 6. The lowest BCUT2D eigenvalue weighted by Crippen LogP contribution is -2.49. The van der Waals surface area contributed by atoms with Gasteiger partial charge in [-0.1, -0.05) is 0 Å². The van der Waals surface area contributed by atoms with Crippen molar-refractivity contribution in [2.24, 2.45) is 5.73 Å². The van der Waals surface area contributed by atoms with Gasteiger partial charge in [0.25, 0.3) is 0 Å². The van der Waals surface area contributed by atoms with Gasteiger partial charge in [-0.15, -0.1) is 11.3 Å². The Bertz CT molecular complexity index is 475. The van der Waals surface area contributed by atoms with Gasteiger partial charge in [0.05, 0.1) is 24.8 Å². The first-order valence-corrected chi connectivity index (χ1v) is 8.06. The molecule has 6 nitrogen and oxygen atoms in total. The Morgan fingerprint density at radius 1 is 1.67 bits per heavy atom. The molecule has 2 unspecified atom stereocenters. The molecule has 7 heteroatoms. The summed E-state index contributed by atoms with van der Waals surface area (Å²) in [5.41, 5.74) is 6.92. The first-order valence-electron chi connectivity index (χ1n) is 7.18. The number of likely N-dealkylation sites (N-methyl/N-ethyl adjacent to an activating group) is 1. The molecule has 21 heavy (non-hydrogen) atoms. The topological polar surface area (TPSA) is 71.7 Å². The van der Waals surface area contributed by atoms with Crippen molar-refractivity contribution in [1.29, 1.82) is 0 Å². The summed E-state index contributed by atoms with van der Waals surface area (Å²) in [4.78, 5) is 20.1. The molecule has 1 aliphatic rings. The van der Waals surface area contributed by atoms with Gasteiger partial charge >= 0.3 is 0 Å². The molecule has 0 aliphatic carbocycles. The van der Waals surface area contributed by atoms with E-state index < -0.39 is 0 Å². The fourth-order valence-electron chi connectivity index (χ4n) is 2.21. The summed E-state index contributed by atoms with van der Waals surface area (Å²) < 4.78 is 5.66. The van der Waals surface area contributed by atoms with Gasteiger partial charge in [0, 0.05) is 45.2 Å². The normalized spacial score (nSPS) is 21.2. The molecule has 1 aromatic rings. The standard InChI is InChI=1S/C14H24N4O2S/c1-10(15)12-8-18(4-5-20-12)7-11-9-21-13(16-11)6-14(19)17(2)3/h9-10,12H,4-8,15H2,1-3H3. The number of aromatic nitrogens is 1. The molecule has 118 valence electrons. The Morgan fingerprint density at radius 3 is 3.10 bits per heavy atom. The second-order valence-electron chi connectivity index (χ2n) is 5.70. The van der Waals surface area contributed by atoms with Crippen molar-refractivity contribution in [3.8, 4) is 0 Å². The summed E-state index contributed by atoms with van der Waals surface area (Å²) >= 11 is 1.55. The molecule has 0 radical (unpaired) electrons. The van der Waals surface area contributed by atoms with E-state index in [9.17, 15) is 4.79 Å². The van der Waals surface area contributed by atoms with Crippen molar-refractivity contribution in [3.05, 3.63) is 16.1 Å². The molecule has 0 bridgehead atoms. The van der Waals surface area contributed by atoms with Crippen LogP contribution in [0.1, 0.15) is 17.6 Å². The Hall–Kier alpha value is -1.02. The van der Waals surface area contributed by atoms with Crippen molar-refractivity contribution < 1.29 is 9.53 Å². The maximum Gasteiger partial charge on any atom is 0.228 e. The van der Waals surface area contributed by atoms with Gasteiger partial charge in [0.2, 0.25) is 5.91 Å². The minimum atomic E-state index is 0.0384. The quantitative estimate of drug-likeness (QED) is 0.848. The Morgan fingerprint density at radius 2 is 2.43 bits per heavy atom. The van der Waals surface area contributed by atoms with E-state index in [2.05, 4.69) is 9.88 Å². The molecule has 2 rings (SSSR count). The Labute approximate surface area is 129 Å². The number of morpholine rings is 1. The van der Waals surface area contributed by atoms with Crippen LogP contribution in [0.3, 0.4) is 0 Å². The number of carbonyl (C=O) groups excluding carboxylic acids is 1. The molecule has 0 saturated carbocycles. The van der Waals surface area contributed by atoms with Gasteiger partial charge in [-0.3, -0.25) is 9.69 Å². The number of carbonyl (C=O) groups is 1. The van der Waals surface area contributed by atoms with Crippen LogP contribution in [0.4, 0.5) is 0 Å². The summed E-state index contributed by atoms with van der Waals surface area (Å²) in [6, 6.07) is 0.0384. The minimum absolute atomic E-state index is 0.0384. The number of rotatable bonds is 5. The summed E-state index contributed by atoms with van der Waals surface area (Å²) in [5.74, 6) is 0.0827. The van der Waals surface area contributed by atoms with Gasteiger partial charge < -0.3 is 15.4 Å². The van der Waals surface area contributed by atoms with Gasteiger partial charge in [0.1, 0.15) is 5.01 Å². The summed E-state index contributed by atoms with van der Waals surface area (Å²) in [7, 11) is 3.53. The zero-order chi connectivity index (χ0) is 15.4. The zero-order valence-corrected chi connectivity index (χ0v) is 13.7. The molecule has 2 atom stereocenters. The fraction of sp³-hybridized carbons (Fsp3) is 0.714. The predicted octanol–water partition coefficient (Wildman–Crippen LogP) is 0.322. The summed E-state index contributed by atoms with van der Waals surface area (Å²) in [6.07, 6.45) is 0.468. The third-order valence-electron chi connectivity index (χ3n) is 3.55. The minimum Gasteiger partial charge on any atom is -0.374 e. The van der Waals surface area contributed by atoms with E-state index in [1.165, 1.54) is 0 Å². The molecule has 0 aromatic carbocycles. The van der Waals surface area contributed by atoms with Gasteiger partial charge in [0.15, 0.2) is 0 Å². The van der Waals surface area contributed by atoms with E-state index in [0.29, 0.717) is 13.0 Å². The first-order chi connectivity index (χ1) is 9.95. The van der Waals surface area contributed by atoms with Crippen LogP contribution in [-0.4, -0.2) is 66.6 Å². The summed E-state index contributed by atoms with van der Waals surface area (Å²) in [6.45, 7) is 5.21. The van der Waals surface area contributed by atoms with Crippen molar-refractivity contribution in [1.82, 2.24) is 14.8 Å². The van der Waals surface area contributed by atoms with Gasteiger partial charge in [-0.05, 0) is 6.92 Å². The predicted molar refractivity (Wildman–Crippen MR) is 83.2 cm³/mol. The van der Waals surface area contributed by atoms with Crippen LogP contribution in [0, 0.1) is 0 Å². The van der Waals surface area contributed by atoms with Crippen LogP contribution in [0.25, 0.3) is 0 Å². The van der Waals surface area contributed by atoms with E-state index in [1.807, 2.05) is 12.3 Å². The first kappa shape index (κ1) is 16.4. The van der Waals surface area contributed by atoms with E-state index in [4.69, 9.17) is 10.5 Å². The molecule has 2 heterocycles. The number of thiazole rings is 1. The van der Waals surface area contributed by atoms with Crippen LogP contribution in [0.5, 0.6) is 0 Å². The Balaban J connectivity index is 1.88. The van der Waals surface area contributed by atoms with Crippen molar-refractivity contribution >= 4 is 17.2 Å². The lowest BCUT2D eigenvalue weighted by molar-refractivity contribution is -0.127. The monoisotopic (exact) mass is 312 g/mol. The number of nitrogens with zero attached hydrogens (tertiary/aromatic N) is 3. The highest BCUT2D eigenvalue weighted by Gasteiger charge is 2.23. The summed E-state index contributed by atoms with van der Waals surface area (Å²) in [5, 5.41) is 2.91. The van der Waals surface area contributed by atoms with Crippen molar-refractivity contribution in [3.63, 3.8) is 0 Å². The molecule has 1 fully saturated rings. The average Bonchev–Trinajstić information content (AvgIpc) is 2.86.